The molecule has 0 bridgehead atoms. The van der Waals surface area contributed by atoms with Crippen molar-refractivity contribution < 1.29 is 5.11 Å². The molecular formula is C9H11NO. The largest absolute Gasteiger partial charge is 0.514 e. The van der Waals surface area contributed by atoms with Crippen molar-refractivity contribution in [2.24, 2.45) is 0 Å². The van der Waals surface area contributed by atoms with Gasteiger partial charge in [0.1, 0.15) is 0 Å². The van der Waals surface area contributed by atoms with Crippen LogP contribution in [0.5, 0.6) is 0 Å². The normalized spacial score (nSPS) is 10.2. The fourth-order valence-electron chi connectivity index (χ4n) is 0.825. The van der Waals surface area contributed by atoms with Gasteiger partial charge in [0.2, 0.25) is 0 Å². The maximum absolute atomic E-state index is 8.30. The smallest absolute Gasteiger partial charge is 0.0948 e. The Kier molecular flexibility index (Phi) is 3.06. The average Bonchev–Trinajstić information content (AvgIpc) is 2.07. The van der Waals surface area contributed by atoms with Crippen LogP contribution in [0.3, 0.4) is 0 Å². The van der Waals surface area contributed by atoms with Gasteiger partial charge >= 0.3 is 0 Å². The maximum atomic E-state index is 8.30. The van der Waals surface area contributed by atoms with Gasteiger partial charge in [-0.2, -0.15) is 0 Å². The van der Waals surface area contributed by atoms with Crippen LogP contribution in [0.4, 0.5) is 0 Å². The Balaban J connectivity index is 2.39. The Hall–Kier alpha value is -1.44. The minimum atomic E-state index is 0.748. The topological polar surface area (TPSA) is 32.3 Å². The molecule has 0 aromatic heterocycles. The van der Waals surface area contributed by atoms with Crippen molar-refractivity contribution in [3.63, 3.8) is 0 Å². The van der Waals surface area contributed by atoms with Crippen LogP contribution >= 0.6 is 0 Å². The second-order valence-corrected chi connectivity index (χ2v) is 2.18. The lowest BCUT2D eigenvalue weighted by atomic mass is 10.2. The molecule has 58 valence electrons. The van der Waals surface area contributed by atoms with E-state index >= 15 is 0 Å². The molecule has 0 aliphatic heterocycles. The Morgan fingerprint density at radius 3 is 2.64 bits per heavy atom. The number of nitrogens with one attached hydrogen (secondary N) is 1. The van der Waals surface area contributed by atoms with Crippen LogP contribution in [0.1, 0.15) is 5.56 Å². The van der Waals surface area contributed by atoms with E-state index in [1.165, 1.54) is 11.8 Å². The van der Waals surface area contributed by atoms with Crippen LogP contribution in [0.15, 0.2) is 42.8 Å². The first-order valence-electron chi connectivity index (χ1n) is 3.50. The summed E-state index contributed by atoms with van der Waals surface area (Å²) in [5.41, 5.74) is 1.20. The summed E-state index contributed by atoms with van der Waals surface area (Å²) >= 11 is 0. The van der Waals surface area contributed by atoms with Crippen molar-refractivity contribution in [2.45, 2.75) is 6.54 Å². The molecule has 1 aromatic carbocycles. The molecule has 2 nitrogen and oxygen atoms in total. The predicted octanol–water partition coefficient (Wildman–Crippen LogP) is 1.81. The van der Waals surface area contributed by atoms with Crippen LogP contribution in [0.25, 0.3) is 0 Å². The van der Waals surface area contributed by atoms with E-state index in [4.69, 9.17) is 5.11 Å². The summed E-state index contributed by atoms with van der Waals surface area (Å²) in [6.45, 7) is 0.748. The zero-order chi connectivity index (χ0) is 7.94. The summed E-state index contributed by atoms with van der Waals surface area (Å²) < 4.78 is 0. The highest BCUT2D eigenvalue weighted by molar-refractivity contribution is 5.14. The molecule has 0 saturated carbocycles. The van der Waals surface area contributed by atoms with E-state index in [1.54, 1.807) is 0 Å². The minimum Gasteiger partial charge on any atom is -0.514 e. The highest BCUT2D eigenvalue weighted by atomic mass is 16.2. The molecule has 0 saturated heterocycles. The highest BCUT2D eigenvalue weighted by Crippen LogP contribution is 1.96. The molecule has 1 aromatic rings. The number of aliphatic hydroxyl groups excluding tert-OH is 1. The third-order valence-corrected chi connectivity index (χ3v) is 1.34. The Morgan fingerprint density at radius 1 is 1.27 bits per heavy atom. The summed E-state index contributed by atoms with van der Waals surface area (Å²) in [5, 5.41) is 11.2. The van der Waals surface area contributed by atoms with E-state index < -0.39 is 0 Å². The van der Waals surface area contributed by atoms with Crippen molar-refractivity contribution in [2.75, 3.05) is 0 Å². The molecule has 0 fully saturated rings. The third-order valence-electron chi connectivity index (χ3n) is 1.34. The molecule has 2 heteroatoms. The van der Waals surface area contributed by atoms with Crippen LogP contribution in [0.2, 0.25) is 0 Å². The molecule has 0 heterocycles. The number of benzene rings is 1. The lowest BCUT2D eigenvalue weighted by molar-refractivity contribution is 0.468. The number of hydrogen-bond donors (Lipinski definition) is 2. The van der Waals surface area contributed by atoms with Crippen LogP contribution < -0.4 is 5.32 Å². The zero-order valence-electron chi connectivity index (χ0n) is 6.20. The standard InChI is InChI=1S/C9H11NO/c11-7-6-10-8-9-4-2-1-3-5-9/h1-7,10-11H,8H2. The highest BCUT2D eigenvalue weighted by Gasteiger charge is 1.85. The van der Waals surface area contributed by atoms with E-state index in [-0.39, 0.29) is 0 Å². The molecule has 0 aliphatic carbocycles. The monoisotopic (exact) mass is 149 g/mol. The van der Waals surface area contributed by atoms with Crippen molar-refractivity contribution >= 4 is 0 Å². The summed E-state index contributed by atoms with van der Waals surface area (Å²) in [6, 6.07) is 10.0. The quantitative estimate of drug-likeness (QED) is 0.642. The number of hydrogen-bond acceptors (Lipinski definition) is 2. The minimum absolute atomic E-state index is 0.748. The van der Waals surface area contributed by atoms with Crippen molar-refractivity contribution in [1.82, 2.24) is 5.32 Å². The average molecular weight is 149 g/mol. The van der Waals surface area contributed by atoms with Crippen molar-refractivity contribution in [1.29, 1.82) is 0 Å². The molecule has 0 atom stereocenters. The van der Waals surface area contributed by atoms with E-state index in [1.807, 2.05) is 30.3 Å². The summed E-state index contributed by atoms with van der Waals surface area (Å²) in [5.74, 6) is 0. The summed E-state index contributed by atoms with van der Waals surface area (Å²) in [7, 11) is 0. The first-order valence-corrected chi connectivity index (χ1v) is 3.50. The molecule has 0 aliphatic rings. The van der Waals surface area contributed by atoms with Gasteiger partial charge in [0, 0.05) is 12.7 Å². The third kappa shape index (κ3) is 2.76. The molecule has 0 unspecified atom stereocenters. The molecule has 0 radical (unpaired) electrons. The van der Waals surface area contributed by atoms with Crippen LogP contribution in [-0.2, 0) is 6.54 Å². The summed E-state index contributed by atoms with van der Waals surface area (Å²) in [6.07, 6.45) is 2.50. The van der Waals surface area contributed by atoms with Crippen molar-refractivity contribution in [3.05, 3.63) is 48.4 Å². The zero-order valence-corrected chi connectivity index (χ0v) is 6.20. The van der Waals surface area contributed by atoms with E-state index in [9.17, 15) is 0 Å². The van der Waals surface area contributed by atoms with Gasteiger partial charge in [-0.3, -0.25) is 0 Å². The van der Waals surface area contributed by atoms with Gasteiger partial charge in [-0.15, -0.1) is 0 Å². The first-order chi connectivity index (χ1) is 5.43. The maximum Gasteiger partial charge on any atom is 0.0948 e. The predicted molar refractivity (Wildman–Crippen MR) is 45.1 cm³/mol. The number of rotatable bonds is 3. The SMILES string of the molecule is OC=CNCc1ccccc1. The van der Waals surface area contributed by atoms with Gasteiger partial charge in [0.25, 0.3) is 0 Å². The second kappa shape index (κ2) is 4.39. The summed E-state index contributed by atoms with van der Waals surface area (Å²) in [4.78, 5) is 0. The van der Waals surface area contributed by atoms with Crippen molar-refractivity contribution in [3.8, 4) is 0 Å². The molecule has 0 amide bonds. The molecular weight excluding hydrogens is 138 g/mol. The van der Waals surface area contributed by atoms with Gasteiger partial charge in [0.15, 0.2) is 0 Å². The van der Waals surface area contributed by atoms with Gasteiger partial charge in [-0.05, 0) is 5.56 Å². The van der Waals surface area contributed by atoms with Gasteiger partial charge in [-0.1, -0.05) is 30.3 Å². The molecule has 2 N–H and O–H groups in total. The van der Waals surface area contributed by atoms with E-state index in [0.29, 0.717) is 0 Å². The van der Waals surface area contributed by atoms with Crippen LogP contribution in [-0.4, -0.2) is 5.11 Å². The second-order valence-electron chi connectivity index (χ2n) is 2.18. The molecule has 1 rings (SSSR count). The molecule has 11 heavy (non-hydrogen) atoms. The number of aliphatic hydroxyl groups is 1. The Bertz CT molecular complexity index is 218. The Labute approximate surface area is 66.2 Å². The van der Waals surface area contributed by atoms with Gasteiger partial charge < -0.3 is 10.4 Å². The van der Waals surface area contributed by atoms with Gasteiger partial charge in [0.05, 0.1) is 6.26 Å². The fraction of sp³-hybridized carbons (Fsp3) is 0.111. The fourth-order valence-corrected chi connectivity index (χ4v) is 0.825. The lowest BCUT2D eigenvalue weighted by Crippen LogP contribution is -2.03. The molecule has 0 spiro atoms. The first kappa shape index (κ1) is 7.66. The van der Waals surface area contributed by atoms with Crippen LogP contribution in [0, 0.1) is 0 Å². The van der Waals surface area contributed by atoms with E-state index in [0.717, 1.165) is 12.8 Å². The lowest BCUT2D eigenvalue weighted by Gasteiger charge is -1.98. The van der Waals surface area contributed by atoms with E-state index in [2.05, 4.69) is 5.32 Å². The Morgan fingerprint density at radius 2 is 2.00 bits per heavy atom. The van der Waals surface area contributed by atoms with Gasteiger partial charge in [-0.25, -0.2) is 0 Å².